The Labute approximate surface area is 95.4 Å². The minimum Gasteiger partial charge on any atom is -0.464 e. The average Bonchev–Trinajstić information content (AvgIpc) is 2.76. The second-order valence-electron chi connectivity index (χ2n) is 4.59. The molecule has 0 amide bonds. The highest BCUT2D eigenvalue weighted by Crippen LogP contribution is 2.39. The van der Waals surface area contributed by atoms with Crippen LogP contribution >= 0.6 is 0 Å². The van der Waals surface area contributed by atoms with Crippen LogP contribution in [0.25, 0.3) is 11.0 Å². The first kappa shape index (κ1) is 9.91. The quantitative estimate of drug-likeness (QED) is 0.836. The van der Waals surface area contributed by atoms with Crippen molar-refractivity contribution in [1.29, 1.82) is 0 Å². The Balaban J connectivity index is 2.31. The summed E-state index contributed by atoms with van der Waals surface area (Å²) in [6.45, 7) is 2.94. The molecule has 1 heterocycles. The topological polar surface area (TPSA) is 39.2 Å². The number of aryl methyl sites for hydroxylation is 2. The van der Waals surface area contributed by atoms with E-state index in [1.54, 1.807) is 0 Å². The molecule has 0 spiro atoms. The molecule has 1 aromatic carbocycles. The van der Waals surface area contributed by atoms with Crippen LogP contribution in [0.5, 0.6) is 0 Å². The highest BCUT2D eigenvalue weighted by Gasteiger charge is 2.24. The fourth-order valence-electron chi connectivity index (χ4n) is 2.91. The fraction of sp³-hybridized carbons (Fsp3) is 0.429. The van der Waals surface area contributed by atoms with Crippen LogP contribution in [0.15, 0.2) is 22.8 Å². The summed E-state index contributed by atoms with van der Waals surface area (Å²) < 4.78 is 5.64. The van der Waals surface area contributed by atoms with Crippen LogP contribution in [0.2, 0.25) is 0 Å². The van der Waals surface area contributed by atoms with Gasteiger partial charge in [-0.25, -0.2) is 0 Å². The third-order valence-corrected chi connectivity index (χ3v) is 3.82. The zero-order chi connectivity index (χ0) is 11.1. The van der Waals surface area contributed by atoms with Crippen LogP contribution < -0.4 is 5.73 Å². The Morgan fingerprint density at radius 1 is 1.44 bits per heavy atom. The Hall–Kier alpha value is -1.28. The van der Waals surface area contributed by atoms with Crippen LogP contribution in [-0.2, 0) is 12.8 Å². The van der Waals surface area contributed by atoms with Gasteiger partial charge in [0, 0.05) is 16.9 Å². The van der Waals surface area contributed by atoms with E-state index in [1.165, 1.54) is 22.1 Å². The molecule has 0 bridgehead atoms. The normalized spacial score (nSPS) is 19.2. The molecule has 1 aliphatic carbocycles. The predicted molar refractivity (Wildman–Crippen MR) is 65.7 cm³/mol. The van der Waals surface area contributed by atoms with E-state index in [1.807, 2.05) is 6.26 Å². The molecule has 0 fully saturated rings. The zero-order valence-corrected chi connectivity index (χ0v) is 9.62. The maximum atomic E-state index is 5.82. The summed E-state index contributed by atoms with van der Waals surface area (Å²) in [4.78, 5) is 0. The molecule has 84 valence electrons. The maximum Gasteiger partial charge on any atom is 0.134 e. The first-order valence-corrected chi connectivity index (χ1v) is 6.07. The van der Waals surface area contributed by atoms with Gasteiger partial charge < -0.3 is 10.2 Å². The summed E-state index contributed by atoms with van der Waals surface area (Å²) >= 11 is 0. The number of nitrogens with two attached hydrogens (primary N) is 1. The van der Waals surface area contributed by atoms with Crippen LogP contribution in [0, 0.1) is 0 Å². The van der Waals surface area contributed by atoms with Gasteiger partial charge in [-0.1, -0.05) is 13.0 Å². The molecule has 0 saturated heterocycles. The number of furan rings is 1. The molecule has 0 radical (unpaired) electrons. The van der Waals surface area contributed by atoms with Gasteiger partial charge in [-0.3, -0.25) is 0 Å². The van der Waals surface area contributed by atoms with Crippen LogP contribution in [0.4, 0.5) is 0 Å². The molecule has 0 aliphatic heterocycles. The van der Waals surface area contributed by atoms with E-state index < -0.39 is 0 Å². The summed E-state index contributed by atoms with van der Waals surface area (Å²) in [5, 5.41) is 1.35. The highest BCUT2D eigenvalue weighted by molar-refractivity contribution is 5.87. The van der Waals surface area contributed by atoms with E-state index in [-0.39, 0.29) is 0 Å². The largest absolute Gasteiger partial charge is 0.464 e. The molecule has 1 atom stereocenters. The molecule has 2 N–H and O–H groups in total. The second-order valence-corrected chi connectivity index (χ2v) is 4.59. The molecule has 0 saturated carbocycles. The van der Waals surface area contributed by atoms with Gasteiger partial charge in [-0.15, -0.1) is 0 Å². The lowest BCUT2D eigenvalue weighted by molar-refractivity contribution is 0.584. The van der Waals surface area contributed by atoms with E-state index in [0.29, 0.717) is 5.92 Å². The number of hydrogen-bond acceptors (Lipinski definition) is 2. The number of hydrogen-bond donors (Lipinski definition) is 1. The predicted octanol–water partition coefficient (Wildman–Crippen LogP) is 2.98. The van der Waals surface area contributed by atoms with E-state index in [0.717, 1.165) is 31.4 Å². The summed E-state index contributed by atoms with van der Waals surface area (Å²) in [5.74, 6) is 0.487. The lowest BCUT2D eigenvalue weighted by Crippen LogP contribution is -2.17. The van der Waals surface area contributed by atoms with Crippen LogP contribution in [-0.4, -0.2) is 6.54 Å². The SMILES string of the molecule is CCc1ccc2occ3c2c1CCC3CN. The van der Waals surface area contributed by atoms with E-state index in [4.69, 9.17) is 10.2 Å². The number of benzene rings is 1. The molecule has 16 heavy (non-hydrogen) atoms. The van der Waals surface area contributed by atoms with Gasteiger partial charge in [-0.2, -0.15) is 0 Å². The fourth-order valence-corrected chi connectivity index (χ4v) is 2.91. The molecular weight excluding hydrogens is 198 g/mol. The first-order valence-electron chi connectivity index (χ1n) is 6.07. The first-order chi connectivity index (χ1) is 7.85. The van der Waals surface area contributed by atoms with Crippen LogP contribution in [0.3, 0.4) is 0 Å². The van der Waals surface area contributed by atoms with Crippen molar-refractivity contribution in [3.63, 3.8) is 0 Å². The molecule has 3 rings (SSSR count). The summed E-state index contributed by atoms with van der Waals surface area (Å²) in [6.07, 6.45) is 5.32. The zero-order valence-electron chi connectivity index (χ0n) is 9.62. The van der Waals surface area contributed by atoms with Crippen molar-refractivity contribution >= 4 is 11.0 Å². The van der Waals surface area contributed by atoms with Gasteiger partial charge in [0.25, 0.3) is 0 Å². The van der Waals surface area contributed by atoms with Gasteiger partial charge in [0.1, 0.15) is 5.58 Å². The Morgan fingerprint density at radius 3 is 3.06 bits per heavy atom. The lowest BCUT2D eigenvalue weighted by Gasteiger charge is -2.22. The molecule has 2 aromatic rings. The molecule has 2 nitrogen and oxygen atoms in total. The third kappa shape index (κ3) is 1.23. The summed E-state index contributed by atoms with van der Waals surface area (Å²) in [6, 6.07) is 4.30. The average molecular weight is 215 g/mol. The smallest absolute Gasteiger partial charge is 0.134 e. The Kier molecular flexibility index (Phi) is 2.25. The van der Waals surface area contributed by atoms with Gasteiger partial charge in [0.05, 0.1) is 6.26 Å². The van der Waals surface area contributed by atoms with E-state index >= 15 is 0 Å². The molecule has 1 unspecified atom stereocenters. The van der Waals surface area contributed by atoms with Crippen LogP contribution in [0.1, 0.15) is 36.0 Å². The van der Waals surface area contributed by atoms with E-state index in [9.17, 15) is 0 Å². The number of rotatable bonds is 2. The summed E-state index contributed by atoms with van der Waals surface area (Å²) in [7, 11) is 0. The molecule has 1 aliphatic rings. The van der Waals surface area contributed by atoms with E-state index in [2.05, 4.69) is 19.1 Å². The van der Waals surface area contributed by atoms with Gasteiger partial charge in [-0.05, 0) is 43.0 Å². The van der Waals surface area contributed by atoms with Crippen molar-refractivity contribution in [2.75, 3.05) is 6.54 Å². The standard InChI is InChI=1S/C14H17NO/c1-2-9-4-6-13-14-11(9)5-3-10(7-15)12(14)8-16-13/h4,6,8,10H,2-3,5,7,15H2,1H3. The Morgan fingerprint density at radius 2 is 2.31 bits per heavy atom. The lowest BCUT2D eigenvalue weighted by atomic mass is 9.82. The van der Waals surface area contributed by atoms with Crippen molar-refractivity contribution in [2.24, 2.45) is 5.73 Å². The van der Waals surface area contributed by atoms with Gasteiger partial charge >= 0.3 is 0 Å². The maximum absolute atomic E-state index is 5.82. The Bertz CT molecular complexity index is 527. The molecular formula is C14H17NO. The van der Waals surface area contributed by atoms with Crippen molar-refractivity contribution in [3.05, 3.63) is 35.1 Å². The third-order valence-electron chi connectivity index (χ3n) is 3.82. The highest BCUT2D eigenvalue weighted by atomic mass is 16.3. The second kappa shape index (κ2) is 3.63. The van der Waals surface area contributed by atoms with Crippen molar-refractivity contribution in [1.82, 2.24) is 0 Å². The van der Waals surface area contributed by atoms with Crippen molar-refractivity contribution < 1.29 is 4.42 Å². The van der Waals surface area contributed by atoms with Gasteiger partial charge in [0.15, 0.2) is 0 Å². The van der Waals surface area contributed by atoms with Crippen molar-refractivity contribution in [3.8, 4) is 0 Å². The van der Waals surface area contributed by atoms with Gasteiger partial charge in [0.2, 0.25) is 0 Å². The molecule has 2 heteroatoms. The summed E-state index contributed by atoms with van der Waals surface area (Å²) in [5.41, 5.74) is 11.1. The molecule has 1 aromatic heterocycles. The monoisotopic (exact) mass is 215 g/mol. The van der Waals surface area contributed by atoms with Crippen molar-refractivity contribution in [2.45, 2.75) is 32.1 Å². The minimum absolute atomic E-state index is 0.487. The minimum atomic E-state index is 0.487.